The number of hydrogen-bond donors (Lipinski definition) is 0. The molecule has 1 heterocycles. The predicted molar refractivity (Wildman–Crippen MR) is 30.0 cm³/mol. The van der Waals surface area contributed by atoms with Gasteiger partial charge in [0.15, 0.2) is 0 Å². The maximum absolute atomic E-state index is 10.3. The van der Waals surface area contributed by atoms with Gasteiger partial charge in [0.05, 0.1) is 6.61 Å². The Morgan fingerprint density at radius 3 is 2.88 bits per heavy atom. The van der Waals surface area contributed by atoms with Crippen LogP contribution in [0, 0.1) is 0 Å². The van der Waals surface area contributed by atoms with Gasteiger partial charge in [-0.25, -0.2) is 0 Å². The monoisotopic (exact) mass is 134 g/mol. The lowest BCUT2D eigenvalue weighted by Gasteiger charge is -1.92. The smallest absolute Gasteiger partial charge is 0.308 e. The van der Waals surface area contributed by atoms with Gasteiger partial charge in [0.25, 0.3) is 0 Å². The summed E-state index contributed by atoms with van der Waals surface area (Å²) >= 11 is 0. The molecule has 0 bridgehead atoms. The van der Waals surface area contributed by atoms with Crippen LogP contribution in [0.25, 0.3) is 0 Å². The third-order valence-electron chi connectivity index (χ3n) is 0.876. The minimum atomic E-state index is -2.14. The van der Waals surface area contributed by atoms with Gasteiger partial charge in [0.1, 0.15) is 6.10 Å². The highest BCUT2D eigenvalue weighted by atomic mass is 31.1. The van der Waals surface area contributed by atoms with Crippen molar-refractivity contribution in [3.63, 3.8) is 0 Å². The van der Waals surface area contributed by atoms with E-state index in [2.05, 4.69) is 11.1 Å². The molecule has 0 aromatic rings. The minimum Gasteiger partial charge on any atom is -0.308 e. The average molecular weight is 134 g/mol. The molecular weight excluding hydrogens is 127 g/mol. The molecule has 0 N–H and O–H groups in total. The summed E-state index contributed by atoms with van der Waals surface area (Å²) in [6.45, 7) is 3.84. The second kappa shape index (κ2) is 2.44. The van der Waals surface area contributed by atoms with Gasteiger partial charge in [-0.3, -0.25) is 4.57 Å². The summed E-state index contributed by atoms with van der Waals surface area (Å²) < 4.78 is 19.6. The van der Waals surface area contributed by atoms with Crippen molar-refractivity contribution in [1.82, 2.24) is 0 Å². The Kier molecular flexibility index (Phi) is 1.84. The van der Waals surface area contributed by atoms with E-state index in [0.29, 0.717) is 6.61 Å². The quantitative estimate of drug-likeness (QED) is 0.396. The van der Waals surface area contributed by atoms with Crippen LogP contribution in [-0.2, 0) is 13.6 Å². The van der Waals surface area contributed by atoms with E-state index < -0.39 is 8.25 Å². The van der Waals surface area contributed by atoms with Gasteiger partial charge >= 0.3 is 8.25 Å². The molecule has 1 aliphatic rings. The van der Waals surface area contributed by atoms with E-state index in [9.17, 15) is 4.57 Å². The SMILES string of the molecule is C=CC1CO[PH](=O)O1. The molecule has 4 heteroatoms. The first-order valence-electron chi connectivity index (χ1n) is 2.29. The lowest BCUT2D eigenvalue weighted by molar-refractivity contribution is 0.290. The van der Waals surface area contributed by atoms with Crippen LogP contribution in [-0.4, -0.2) is 12.7 Å². The lowest BCUT2D eigenvalue weighted by atomic mass is 10.4. The fourth-order valence-corrected chi connectivity index (χ4v) is 1.24. The zero-order valence-corrected chi connectivity index (χ0v) is 5.29. The minimum absolute atomic E-state index is 0.151. The molecular formula is C4H7O3P. The molecule has 3 nitrogen and oxygen atoms in total. The van der Waals surface area contributed by atoms with E-state index in [1.807, 2.05) is 0 Å². The van der Waals surface area contributed by atoms with E-state index in [-0.39, 0.29) is 6.10 Å². The first-order chi connectivity index (χ1) is 3.83. The second-order valence-electron chi connectivity index (χ2n) is 1.45. The van der Waals surface area contributed by atoms with Gasteiger partial charge in [-0.05, 0) is 0 Å². The van der Waals surface area contributed by atoms with Crippen LogP contribution < -0.4 is 0 Å². The largest absolute Gasteiger partial charge is 0.319 e. The van der Waals surface area contributed by atoms with Crippen molar-refractivity contribution in [3.05, 3.63) is 12.7 Å². The molecule has 1 aliphatic heterocycles. The molecule has 2 unspecified atom stereocenters. The highest BCUT2D eigenvalue weighted by Gasteiger charge is 2.17. The van der Waals surface area contributed by atoms with E-state index in [4.69, 9.17) is 4.52 Å². The maximum atomic E-state index is 10.3. The summed E-state index contributed by atoms with van der Waals surface area (Å²) in [5.41, 5.74) is 0. The molecule has 1 rings (SSSR count). The summed E-state index contributed by atoms with van der Waals surface area (Å²) in [4.78, 5) is 0. The third kappa shape index (κ3) is 1.19. The Bertz CT molecular complexity index is 122. The summed E-state index contributed by atoms with van der Waals surface area (Å²) in [5.74, 6) is 0. The molecule has 0 aromatic heterocycles. The zero-order chi connectivity index (χ0) is 5.98. The van der Waals surface area contributed by atoms with Crippen molar-refractivity contribution >= 4 is 8.25 Å². The number of rotatable bonds is 1. The zero-order valence-electron chi connectivity index (χ0n) is 4.29. The molecule has 2 atom stereocenters. The van der Waals surface area contributed by atoms with Crippen molar-refractivity contribution in [2.75, 3.05) is 6.61 Å². The van der Waals surface area contributed by atoms with Crippen molar-refractivity contribution in [3.8, 4) is 0 Å². The highest BCUT2D eigenvalue weighted by molar-refractivity contribution is 7.33. The second-order valence-corrected chi connectivity index (χ2v) is 2.48. The van der Waals surface area contributed by atoms with E-state index in [1.165, 1.54) is 0 Å². The van der Waals surface area contributed by atoms with Crippen LogP contribution in [0.3, 0.4) is 0 Å². The molecule has 1 fully saturated rings. The van der Waals surface area contributed by atoms with E-state index in [1.54, 1.807) is 6.08 Å². The van der Waals surface area contributed by atoms with Crippen molar-refractivity contribution < 1.29 is 13.6 Å². The molecule has 1 saturated heterocycles. The normalized spacial score (nSPS) is 37.5. The topological polar surface area (TPSA) is 35.5 Å². The lowest BCUT2D eigenvalue weighted by Crippen LogP contribution is -2.01. The summed E-state index contributed by atoms with van der Waals surface area (Å²) in [6, 6.07) is 0. The summed E-state index contributed by atoms with van der Waals surface area (Å²) in [5, 5.41) is 0. The van der Waals surface area contributed by atoms with E-state index in [0.717, 1.165) is 0 Å². The van der Waals surface area contributed by atoms with Crippen molar-refractivity contribution in [2.45, 2.75) is 6.10 Å². The molecule has 8 heavy (non-hydrogen) atoms. The molecule has 46 valence electrons. The third-order valence-corrected chi connectivity index (χ3v) is 1.77. The maximum Gasteiger partial charge on any atom is 0.319 e. The molecule has 0 amide bonds. The Hall–Kier alpha value is -0.110. The fraction of sp³-hybridized carbons (Fsp3) is 0.500. The molecule has 0 saturated carbocycles. The van der Waals surface area contributed by atoms with Crippen LogP contribution >= 0.6 is 8.25 Å². The Morgan fingerprint density at radius 2 is 2.62 bits per heavy atom. The predicted octanol–water partition coefficient (Wildman–Crippen LogP) is 0.977. The van der Waals surface area contributed by atoms with Crippen molar-refractivity contribution in [2.24, 2.45) is 0 Å². The highest BCUT2D eigenvalue weighted by Crippen LogP contribution is 2.33. The van der Waals surface area contributed by atoms with E-state index >= 15 is 0 Å². The van der Waals surface area contributed by atoms with Gasteiger partial charge in [-0.1, -0.05) is 6.08 Å². The van der Waals surface area contributed by atoms with Gasteiger partial charge in [0, 0.05) is 0 Å². The van der Waals surface area contributed by atoms with Crippen LogP contribution in [0.15, 0.2) is 12.7 Å². The first kappa shape index (κ1) is 6.02. The molecule has 0 radical (unpaired) electrons. The van der Waals surface area contributed by atoms with Crippen LogP contribution in [0.5, 0.6) is 0 Å². The van der Waals surface area contributed by atoms with Crippen molar-refractivity contribution in [1.29, 1.82) is 0 Å². The fourth-order valence-electron chi connectivity index (χ4n) is 0.458. The van der Waals surface area contributed by atoms with Crippen LogP contribution in [0.1, 0.15) is 0 Å². The van der Waals surface area contributed by atoms with Crippen LogP contribution in [0.2, 0.25) is 0 Å². The van der Waals surface area contributed by atoms with Gasteiger partial charge in [0.2, 0.25) is 0 Å². The Balaban J connectivity index is 2.43. The molecule has 0 aromatic carbocycles. The average Bonchev–Trinajstić information content (AvgIpc) is 2.14. The Morgan fingerprint density at radius 1 is 1.88 bits per heavy atom. The summed E-state index contributed by atoms with van der Waals surface area (Å²) in [7, 11) is -2.14. The molecule has 0 spiro atoms. The summed E-state index contributed by atoms with van der Waals surface area (Å²) in [6.07, 6.45) is 1.43. The van der Waals surface area contributed by atoms with Crippen LogP contribution in [0.4, 0.5) is 0 Å². The van der Waals surface area contributed by atoms with Gasteiger partial charge in [-0.2, -0.15) is 0 Å². The molecule has 0 aliphatic carbocycles. The number of hydrogen-bond acceptors (Lipinski definition) is 3. The first-order valence-corrected chi connectivity index (χ1v) is 3.51. The standard InChI is InChI=1S/C4H7O3P/c1-2-4-3-6-8(5)7-4/h2,4,8H,1,3H2. The van der Waals surface area contributed by atoms with Gasteiger partial charge < -0.3 is 9.05 Å². The Labute approximate surface area is 48.2 Å². The van der Waals surface area contributed by atoms with Gasteiger partial charge in [-0.15, -0.1) is 6.58 Å².